The number of hydrogen-bond acceptors (Lipinski definition) is 5. The van der Waals surface area contributed by atoms with E-state index in [2.05, 4.69) is 15.3 Å². The minimum atomic E-state index is -0.436. The van der Waals surface area contributed by atoms with Crippen molar-refractivity contribution in [2.45, 2.75) is 25.9 Å². The van der Waals surface area contributed by atoms with Crippen LogP contribution in [0.2, 0.25) is 0 Å². The molecule has 7 heteroatoms. The number of thiazole rings is 1. The van der Waals surface area contributed by atoms with Gasteiger partial charge in [0.15, 0.2) is 0 Å². The normalized spacial score (nSPS) is 17.0. The van der Waals surface area contributed by atoms with Crippen molar-refractivity contribution in [2.24, 2.45) is 0 Å². The minimum absolute atomic E-state index is 0.0350. The summed E-state index contributed by atoms with van der Waals surface area (Å²) in [6, 6.07) is 3.74. The number of carbonyl (C=O) groups excluding carboxylic acids is 2. The lowest BCUT2D eigenvalue weighted by molar-refractivity contribution is -0.131. The summed E-state index contributed by atoms with van der Waals surface area (Å²) >= 11 is 1.50. The summed E-state index contributed by atoms with van der Waals surface area (Å²) in [6.45, 7) is 2.79. The van der Waals surface area contributed by atoms with E-state index in [1.807, 2.05) is 17.5 Å². The highest BCUT2D eigenvalue weighted by Gasteiger charge is 2.32. The van der Waals surface area contributed by atoms with Gasteiger partial charge >= 0.3 is 0 Å². The lowest BCUT2D eigenvalue weighted by Gasteiger charge is -2.32. The van der Waals surface area contributed by atoms with Gasteiger partial charge in [-0.1, -0.05) is 6.07 Å². The maximum atomic E-state index is 12.5. The molecule has 1 unspecified atom stereocenters. The largest absolute Gasteiger partial charge is 0.349 e. The Morgan fingerprint density at radius 1 is 1.41 bits per heavy atom. The Kier molecular flexibility index (Phi) is 4.15. The predicted octanol–water partition coefficient (Wildman–Crippen LogP) is 1.30. The van der Waals surface area contributed by atoms with E-state index in [1.54, 1.807) is 17.3 Å². The monoisotopic (exact) mass is 316 g/mol. The fourth-order valence-corrected chi connectivity index (χ4v) is 3.10. The van der Waals surface area contributed by atoms with E-state index in [9.17, 15) is 9.59 Å². The molecule has 3 rings (SSSR count). The van der Waals surface area contributed by atoms with Crippen LogP contribution in [0.15, 0.2) is 29.9 Å². The molecule has 0 fully saturated rings. The van der Waals surface area contributed by atoms with Crippen molar-refractivity contribution in [1.29, 1.82) is 0 Å². The fourth-order valence-electron chi connectivity index (χ4n) is 2.55. The van der Waals surface area contributed by atoms with Crippen molar-refractivity contribution >= 4 is 23.2 Å². The van der Waals surface area contributed by atoms with Crippen LogP contribution in [0, 0.1) is 0 Å². The number of carbonyl (C=O) groups is 2. The summed E-state index contributed by atoms with van der Waals surface area (Å²) in [6.07, 6.45) is 3.39. The molecule has 2 aromatic rings. The van der Waals surface area contributed by atoms with Crippen molar-refractivity contribution in [1.82, 2.24) is 20.2 Å². The molecule has 0 bridgehead atoms. The molecule has 3 heterocycles. The van der Waals surface area contributed by atoms with Crippen LogP contribution in [0.5, 0.6) is 0 Å². The van der Waals surface area contributed by atoms with Gasteiger partial charge in [-0.25, -0.2) is 4.98 Å². The molecule has 0 aromatic carbocycles. The Labute approximate surface area is 132 Å². The predicted molar refractivity (Wildman–Crippen MR) is 82.0 cm³/mol. The summed E-state index contributed by atoms with van der Waals surface area (Å²) in [5.41, 5.74) is 1.69. The molecule has 1 aliphatic heterocycles. The van der Waals surface area contributed by atoms with Crippen LogP contribution in [-0.4, -0.2) is 33.2 Å². The van der Waals surface area contributed by atoms with Crippen LogP contribution >= 0.6 is 11.3 Å². The first kappa shape index (κ1) is 14.6. The maximum Gasteiger partial charge on any atom is 0.231 e. The highest BCUT2D eigenvalue weighted by Crippen LogP contribution is 2.26. The fraction of sp³-hybridized carbons (Fsp3) is 0.333. The first-order chi connectivity index (χ1) is 10.6. The summed E-state index contributed by atoms with van der Waals surface area (Å²) in [5, 5.41) is 5.61. The Balaban J connectivity index is 1.78. The zero-order valence-corrected chi connectivity index (χ0v) is 13.0. The number of pyridine rings is 1. The van der Waals surface area contributed by atoms with Crippen molar-refractivity contribution in [2.75, 3.05) is 6.54 Å². The van der Waals surface area contributed by atoms with Crippen LogP contribution < -0.4 is 5.32 Å². The van der Waals surface area contributed by atoms with Gasteiger partial charge in [-0.3, -0.25) is 14.6 Å². The summed E-state index contributed by atoms with van der Waals surface area (Å²) in [5.74, 6) is -0.595. The highest BCUT2D eigenvalue weighted by atomic mass is 32.1. The lowest BCUT2D eigenvalue weighted by atomic mass is 9.94. The molecule has 0 aliphatic carbocycles. The van der Waals surface area contributed by atoms with Crippen molar-refractivity contribution in [3.05, 3.63) is 46.2 Å². The molecule has 1 N–H and O–H groups in total. The standard InChI is InChI=1S/C15H16N4O2S/c1-10(20)19-8-11-3-2-4-17-14(11)12(9-19)15(21)18-7-13-16-5-6-22-13/h2-6,12H,7-9H2,1H3,(H,18,21). The van der Waals surface area contributed by atoms with E-state index in [0.29, 0.717) is 19.6 Å². The molecule has 1 atom stereocenters. The van der Waals surface area contributed by atoms with Crippen LogP contribution in [-0.2, 0) is 22.7 Å². The summed E-state index contributed by atoms with van der Waals surface area (Å²) < 4.78 is 0. The third-order valence-corrected chi connectivity index (χ3v) is 4.46. The lowest BCUT2D eigenvalue weighted by Crippen LogP contribution is -2.43. The van der Waals surface area contributed by atoms with Gasteiger partial charge in [0.05, 0.1) is 18.2 Å². The number of amides is 2. The average Bonchev–Trinajstić information content (AvgIpc) is 3.04. The Bertz CT molecular complexity index is 687. The van der Waals surface area contributed by atoms with Crippen LogP contribution in [0.25, 0.3) is 0 Å². The van der Waals surface area contributed by atoms with Crippen LogP contribution in [0.4, 0.5) is 0 Å². The Hall–Kier alpha value is -2.28. The molecule has 1 aliphatic rings. The zero-order chi connectivity index (χ0) is 15.5. The molecule has 0 saturated heterocycles. The van der Waals surface area contributed by atoms with Crippen molar-refractivity contribution in [3.63, 3.8) is 0 Å². The van der Waals surface area contributed by atoms with Gasteiger partial charge in [-0.2, -0.15) is 0 Å². The van der Waals surface area contributed by atoms with Gasteiger partial charge in [-0.05, 0) is 11.6 Å². The quantitative estimate of drug-likeness (QED) is 0.926. The van der Waals surface area contributed by atoms with Gasteiger partial charge in [0.25, 0.3) is 0 Å². The second kappa shape index (κ2) is 6.23. The molecule has 2 amide bonds. The first-order valence-electron chi connectivity index (χ1n) is 7.00. The summed E-state index contributed by atoms with van der Waals surface area (Å²) in [4.78, 5) is 34.4. The van der Waals surface area contributed by atoms with Gasteiger partial charge in [-0.15, -0.1) is 11.3 Å². The van der Waals surface area contributed by atoms with Gasteiger partial charge < -0.3 is 10.2 Å². The molecule has 22 heavy (non-hydrogen) atoms. The van der Waals surface area contributed by atoms with E-state index < -0.39 is 5.92 Å². The van der Waals surface area contributed by atoms with Crippen LogP contribution in [0.1, 0.15) is 29.1 Å². The molecule has 0 saturated carbocycles. The molecule has 114 valence electrons. The van der Waals surface area contributed by atoms with Crippen molar-refractivity contribution in [3.8, 4) is 0 Å². The van der Waals surface area contributed by atoms with Crippen molar-refractivity contribution < 1.29 is 9.59 Å². The number of rotatable bonds is 3. The number of nitrogens with zero attached hydrogens (tertiary/aromatic N) is 3. The van der Waals surface area contributed by atoms with E-state index in [1.165, 1.54) is 18.3 Å². The average molecular weight is 316 g/mol. The third kappa shape index (κ3) is 2.99. The molecular weight excluding hydrogens is 300 g/mol. The first-order valence-corrected chi connectivity index (χ1v) is 7.88. The van der Waals surface area contributed by atoms with E-state index >= 15 is 0 Å². The maximum absolute atomic E-state index is 12.5. The number of nitrogens with one attached hydrogen (secondary N) is 1. The van der Waals surface area contributed by atoms with Gasteiger partial charge in [0.1, 0.15) is 5.01 Å². The number of aromatic nitrogens is 2. The molecular formula is C15H16N4O2S. The number of fused-ring (bicyclic) bond motifs is 1. The van der Waals surface area contributed by atoms with Gasteiger partial charge in [0.2, 0.25) is 11.8 Å². The topological polar surface area (TPSA) is 75.2 Å². The molecule has 6 nitrogen and oxygen atoms in total. The SMILES string of the molecule is CC(=O)N1Cc2cccnc2C(C(=O)NCc2nccs2)C1. The third-order valence-electron chi connectivity index (χ3n) is 3.68. The summed E-state index contributed by atoms with van der Waals surface area (Å²) in [7, 11) is 0. The molecule has 0 radical (unpaired) electrons. The minimum Gasteiger partial charge on any atom is -0.349 e. The smallest absolute Gasteiger partial charge is 0.231 e. The highest BCUT2D eigenvalue weighted by molar-refractivity contribution is 7.09. The molecule has 0 spiro atoms. The van der Waals surface area contributed by atoms with E-state index in [0.717, 1.165) is 16.3 Å². The van der Waals surface area contributed by atoms with E-state index in [-0.39, 0.29) is 11.8 Å². The molecule has 2 aromatic heterocycles. The Morgan fingerprint density at radius 3 is 3.00 bits per heavy atom. The second-order valence-electron chi connectivity index (χ2n) is 5.14. The zero-order valence-electron chi connectivity index (χ0n) is 12.2. The number of hydrogen-bond donors (Lipinski definition) is 1. The Morgan fingerprint density at radius 2 is 2.27 bits per heavy atom. The van der Waals surface area contributed by atoms with Gasteiger partial charge in [0, 0.05) is 37.8 Å². The second-order valence-corrected chi connectivity index (χ2v) is 6.12. The van der Waals surface area contributed by atoms with Crippen LogP contribution in [0.3, 0.4) is 0 Å². The van der Waals surface area contributed by atoms with E-state index in [4.69, 9.17) is 0 Å².